The number of nitrogens with zero attached hydrogens (tertiary/aromatic N) is 1. The first kappa shape index (κ1) is 10.8. The molecule has 7 nitrogen and oxygen atoms in total. The van der Waals surface area contributed by atoms with E-state index in [1.165, 1.54) is 5.01 Å². The Balaban J connectivity index is 2.89. The van der Waals surface area contributed by atoms with E-state index in [4.69, 9.17) is 0 Å². The lowest BCUT2D eigenvalue weighted by Crippen LogP contribution is -2.71. The normalized spacial score (nSPS) is 33.9. The van der Waals surface area contributed by atoms with Crippen LogP contribution in [0.25, 0.3) is 0 Å². The van der Waals surface area contributed by atoms with Crippen LogP contribution in [0.2, 0.25) is 0 Å². The number of rotatable bonds is 3. The van der Waals surface area contributed by atoms with E-state index in [2.05, 4.69) is 21.4 Å². The lowest BCUT2D eigenvalue weighted by atomic mass is 10.3. The molecular weight excluding hydrogens is 174 g/mol. The maximum atomic E-state index is 9.63. The summed E-state index contributed by atoms with van der Waals surface area (Å²) in [5, 5.41) is 28.9. The maximum Gasteiger partial charge on any atom is 0.182 e. The Labute approximate surface area is 77.1 Å². The zero-order valence-electron chi connectivity index (χ0n) is 8.00. The van der Waals surface area contributed by atoms with E-state index in [1.807, 2.05) is 0 Å². The van der Waals surface area contributed by atoms with Crippen molar-refractivity contribution in [3.8, 4) is 0 Å². The Bertz CT molecular complexity index is 174. The summed E-state index contributed by atoms with van der Waals surface area (Å²) in [6.45, 7) is 0. The van der Waals surface area contributed by atoms with Gasteiger partial charge in [0.2, 0.25) is 0 Å². The van der Waals surface area contributed by atoms with Crippen molar-refractivity contribution in [3.63, 3.8) is 0 Å². The number of hydrogen-bond acceptors (Lipinski definition) is 7. The molecule has 7 heteroatoms. The van der Waals surface area contributed by atoms with Gasteiger partial charge in [-0.3, -0.25) is 16.1 Å². The molecule has 0 aromatic carbocycles. The predicted molar refractivity (Wildman–Crippen MR) is 46.9 cm³/mol. The number of aliphatic hydroxyl groups excluding tert-OH is 2. The molecule has 1 heterocycles. The summed E-state index contributed by atoms with van der Waals surface area (Å²) < 4.78 is 0. The minimum atomic E-state index is -0.945. The van der Waals surface area contributed by atoms with Crippen molar-refractivity contribution >= 4 is 0 Å². The molecule has 0 bridgehead atoms. The Morgan fingerprint density at radius 3 is 2.08 bits per heavy atom. The number of nitrogens with one attached hydrogen (secondary N) is 4. The summed E-state index contributed by atoms with van der Waals surface area (Å²) in [6.07, 6.45) is -1.86. The van der Waals surface area contributed by atoms with Crippen LogP contribution in [0.15, 0.2) is 0 Å². The zero-order valence-corrected chi connectivity index (χ0v) is 8.00. The van der Waals surface area contributed by atoms with Crippen LogP contribution in [0, 0.1) is 0 Å². The standard InChI is InChI=1S/C6H17N5O2/c1-7-6(8-2)4(12)10-5(13)11(6)9-3/h4-5,7-10,12-13H,1-3H3. The molecule has 0 aromatic rings. The van der Waals surface area contributed by atoms with Gasteiger partial charge in [0, 0.05) is 0 Å². The monoisotopic (exact) mass is 191 g/mol. The Morgan fingerprint density at radius 2 is 1.77 bits per heavy atom. The molecule has 1 rings (SSSR count). The van der Waals surface area contributed by atoms with E-state index in [0.29, 0.717) is 0 Å². The first-order valence-electron chi connectivity index (χ1n) is 4.09. The molecule has 1 saturated heterocycles. The molecule has 78 valence electrons. The fraction of sp³-hybridized carbons (Fsp3) is 1.00. The van der Waals surface area contributed by atoms with Crippen LogP contribution < -0.4 is 21.4 Å². The van der Waals surface area contributed by atoms with Crippen molar-refractivity contribution in [2.75, 3.05) is 21.1 Å². The summed E-state index contributed by atoms with van der Waals surface area (Å²) >= 11 is 0. The molecule has 1 fully saturated rings. The Morgan fingerprint density at radius 1 is 1.23 bits per heavy atom. The van der Waals surface area contributed by atoms with Crippen molar-refractivity contribution in [3.05, 3.63) is 0 Å². The van der Waals surface area contributed by atoms with Crippen molar-refractivity contribution in [1.82, 2.24) is 26.4 Å². The van der Waals surface area contributed by atoms with E-state index in [-0.39, 0.29) is 0 Å². The van der Waals surface area contributed by atoms with Crippen molar-refractivity contribution in [2.24, 2.45) is 0 Å². The lowest BCUT2D eigenvalue weighted by Gasteiger charge is -2.38. The zero-order chi connectivity index (χ0) is 10.1. The molecule has 0 aliphatic carbocycles. The lowest BCUT2D eigenvalue weighted by molar-refractivity contribution is -0.0947. The molecule has 0 amide bonds. The second-order valence-corrected chi connectivity index (χ2v) is 2.80. The predicted octanol–water partition coefficient (Wildman–Crippen LogP) is -3.29. The van der Waals surface area contributed by atoms with Gasteiger partial charge in [-0.15, -0.1) is 0 Å². The quantitative estimate of drug-likeness (QED) is 0.261. The fourth-order valence-corrected chi connectivity index (χ4v) is 1.60. The van der Waals surface area contributed by atoms with Crippen molar-refractivity contribution in [1.29, 1.82) is 0 Å². The number of hydrogen-bond donors (Lipinski definition) is 6. The molecule has 1 aliphatic rings. The van der Waals surface area contributed by atoms with Gasteiger partial charge in [-0.25, -0.2) is 5.32 Å². The number of aliphatic hydroxyl groups is 2. The van der Waals surface area contributed by atoms with E-state index in [9.17, 15) is 10.2 Å². The van der Waals surface area contributed by atoms with E-state index in [1.54, 1.807) is 21.1 Å². The van der Waals surface area contributed by atoms with Crippen LogP contribution in [0.5, 0.6) is 0 Å². The third-order valence-electron chi connectivity index (χ3n) is 2.33. The second kappa shape index (κ2) is 3.84. The minimum absolute atomic E-state index is 0.909. The van der Waals surface area contributed by atoms with Gasteiger partial charge in [-0.1, -0.05) is 0 Å². The average molecular weight is 191 g/mol. The molecule has 6 N–H and O–H groups in total. The van der Waals surface area contributed by atoms with E-state index in [0.717, 1.165) is 0 Å². The van der Waals surface area contributed by atoms with Crippen LogP contribution >= 0.6 is 0 Å². The van der Waals surface area contributed by atoms with Crippen molar-refractivity contribution < 1.29 is 10.2 Å². The third-order valence-corrected chi connectivity index (χ3v) is 2.33. The highest BCUT2D eigenvalue weighted by molar-refractivity contribution is 4.94. The Hall–Kier alpha value is -0.280. The van der Waals surface area contributed by atoms with Crippen LogP contribution in [0.4, 0.5) is 0 Å². The van der Waals surface area contributed by atoms with Gasteiger partial charge in [0.05, 0.1) is 0 Å². The van der Waals surface area contributed by atoms with Gasteiger partial charge in [-0.05, 0) is 21.1 Å². The van der Waals surface area contributed by atoms with Gasteiger partial charge >= 0.3 is 0 Å². The van der Waals surface area contributed by atoms with Gasteiger partial charge in [-0.2, -0.15) is 5.01 Å². The summed E-state index contributed by atoms with van der Waals surface area (Å²) in [7, 11) is 5.03. The molecule has 0 saturated carbocycles. The topological polar surface area (TPSA) is 91.8 Å². The summed E-state index contributed by atoms with van der Waals surface area (Å²) in [5.74, 6) is -0.909. The van der Waals surface area contributed by atoms with Crippen LogP contribution in [0.1, 0.15) is 0 Å². The second-order valence-electron chi connectivity index (χ2n) is 2.80. The van der Waals surface area contributed by atoms with E-state index < -0.39 is 18.4 Å². The highest BCUT2D eigenvalue weighted by Crippen LogP contribution is 2.17. The Kier molecular flexibility index (Phi) is 3.19. The molecule has 0 aromatic heterocycles. The number of likely N-dealkylation sites (N-methyl/N-ethyl adjacent to an activating group) is 2. The molecule has 13 heavy (non-hydrogen) atoms. The van der Waals surface area contributed by atoms with Gasteiger partial charge in [0.1, 0.15) is 0 Å². The molecule has 2 atom stereocenters. The van der Waals surface area contributed by atoms with Crippen LogP contribution in [-0.4, -0.2) is 54.7 Å². The first-order valence-corrected chi connectivity index (χ1v) is 4.09. The fourth-order valence-electron chi connectivity index (χ4n) is 1.60. The highest BCUT2D eigenvalue weighted by atomic mass is 16.4. The summed E-state index contributed by atoms with van der Waals surface area (Å²) in [5.41, 5.74) is 2.77. The molecular formula is C6H17N5O2. The van der Waals surface area contributed by atoms with Crippen LogP contribution in [-0.2, 0) is 0 Å². The minimum Gasteiger partial charge on any atom is -0.373 e. The highest BCUT2D eigenvalue weighted by Gasteiger charge is 2.50. The third kappa shape index (κ3) is 1.44. The summed E-state index contributed by atoms with van der Waals surface area (Å²) in [4.78, 5) is 0. The smallest absolute Gasteiger partial charge is 0.182 e. The molecule has 0 spiro atoms. The molecule has 1 aliphatic heterocycles. The van der Waals surface area contributed by atoms with Gasteiger partial charge in [0.25, 0.3) is 0 Å². The number of hydrazine groups is 1. The van der Waals surface area contributed by atoms with Crippen LogP contribution in [0.3, 0.4) is 0 Å². The van der Waals surface area contributed by atoms with Crippen molar-refractivity contribution in [2.45, 2.75) is 18.4 Å². The van der Waals surface area contributed by atoms with Gasteiger partial charge < -0.3 is 10.2 Å². The van der Waals surface area contributed by atoms with E-state index >= 15 is 0 Å². The first-order chi connectivity index (χ1) is 6.12. The maximum absolute atomic E-state index is 9.63. The SMILES string of the molecule is CNN1C(O)NC(O)C1(NC)NC. The largest absolute Gasteiger partial charge is 0.373 e. The average Bonchev–Trinajstić information content (AvgIpc) is 2.36. The summed E-state index contributed by atoms with van der Waals surface area (Å²) in [6, 6.07) is 0. The molecule has 0 radical (unpaired) electrons. The molecule has 2 unspecified atom stereocenters. The van der Waals surface area contributed by atoms with Gasteiger partial charge in [0.15, 0.2) is 18.4 Å².